The Kier molecular flexibility index (Phi) is 28.8. The summed E-state index contributed by atoms with van der Waals surface area (Å²) in [5, 5.41) is 39.9. The van der Waals surface area contributed by atoms with Crippen molar-refractivity contribution in [2.24, 2.45) is 51.2 Å². The minimum atomic E-state index is -4.78. The zero-order chi connectivity index (χ0) is 71.8. The molecule has 9 unspecified atom stereocenters. The maximum absolute atomic E-state index is 13.6. The highest BCUT2D eigenvalue weighted by Crippen LogP contribution is 2.55. The number of hydrogen-bond donors (Lipinski definition) is 4. The number of aliphatic hydroxyl groups is 4. The summed E-state index contributed by atoms with van der Waals surface area (Å²) in [6.07, 6.45) is -8.19. The summed E-state index contributed by atoms with van der Waals surface area (Å²) in [4.78, 5) is 49.6. The third-order valence-corrected chi connectivity index (χ3v) is 21.3. The van der Waals surface area contributed by atoms with Crippen molar-refractivity contribution < 1.29 is 111 Å². The summed E-state index contributed by atoms with van der Waals surface area (Å²) in [6, 6.07) is 0. The van der Waals surface area contributed by atoms with Crippen molar-refractivity contribution in [2.45, 2.75) is 355 Å². The van der Waals surface area contributed by atoms with Gasteiger partial charge in [-0.05, 0) is 235 Å². The maximum Gasteiger partial charge on any atom is 0.417 e. The molecule has 2 bridgehead atoms. The largest absolute Gasteiger partial charge is 0.462 e. The molecular weight excluding hydrogens is 1240 g/mol. The first-order valence-corrected chi connectivity index (χ1v) is 33.3. The van der Waals surface area contributed by atoms with Crippen LogP contribution in [0.2, 0.25) is 0 Å². The molecule has 0 aromatic rings. The molecule has 9 atom stereocenters. The van der Waals surface area contributed by atoms with Crippen LogP contribution in [0.3, 0.4) is 0 Å². The fourth-order valence-corrected chi connectivity index (χ4v) is 12.8. The zero-order valence-corrected chi connectivity index (χ0v) is 58.2. The predicted molar refractivity (Wildman–Crippen MR) is 325 cm³/mol. The van der Waals surface area contributed by atoms with Crippen molar-refractivity contribution in [3.8, 4) is 0 Å². The average Bonchev–Trinajstić information content (AvgIpc) is 1.31. The Balaban J connectivity index is 0.000000419. The molecule has 0 saturated heterocycles. The van der Waals surface area contributed by atoms with Crippen LogP contribution in [0.15, 0.2) is 0 Å². The highest BCUT2D eigenvalue weighted by molar-refractivity contribution is 5.77. The highest BCUT2D eigenvalue weighted by Gasteiger charge is 2.64. The van der Waals surface area contributed by atoms with Crippen molar-refractivity contribution in [1.82, 2.24) is 0 Å². The van der Waals surface area contributed by atoms with Crippen LogP contribution < -0.4 is 0 Å². The van der Waals surface area contributed by atoms with E-state index in [9.17, 15) is 92.3 Å². The molecular formula is C68H114F12O12. The van der Waals surface area contributed by atoms with Crippen LogP contribution in [0, 0.1) is 51.2 Å². The summed E-state index contributed by atoms with van der Waals surface area (Å²) < 4.78 is 180. The van der Waals surface area contributed by atoms with Gasteiger partial charge in [0.2, 0.25) is 0 Å². The molecule has 5 saturated carbocycles. The normalized spacial score (nSPS) is 24.3. The van der Waals surface area contributed by atoms with Crippen molar-refractivity contribution in [3.05, 3.63) is 0 Å². The molecule has 542 valence electrons. The average molecular weight is 1350 g/mol. The Morgan fingerprint density at radius 1 is 0.446 bits per heavy atom. The number of carbonyl (C=O) groups excluding carboxylic acids is 4. The lowest BCUT2D eigenvalue weighted by atomic mass is 9.70. The second-order valence-corrected chi connectivity index (χ2v) is 31.5. The minimum absolute atomic E-state index is 0.0609. The standard InChI is InChI=1S/C19H33F3O3.C18H29F3O3.C16H27F3O3.C15H25F3O3/c1-7-16(4,5)15(23)25-18(10-8-9-11-18)14(12-13(2)3)17(6,24)19(20,21)22;1-5-16(2,3)15(22)24-14(10-17(4,23)18(19,20)21)13-9-11-6-7-12(13)8-11;1-5-13(2,3)12(20)22-15(9-7-6-8-10-15)11-14(4,21)16(17,18)19;1-5-12(2,3)11(19)21-14(8-6-7-9-14)10-13(4,20)15(16,17)18/h13-14,24H,7-12H2,1-6H3;11-14,23H,5-10H2,1-4H3;21H,5-11H2,1-4H3;20H,5-10H2,1-4H3. The maximum atomic E-state index is 13.6. The van der Waals surface area contributed by atoms with Gasteiger partial charge >= 0.3 is 48.6 Å². The zero-order valence-electron chi connectivity index (χ0n) is 58.2. The van der Waals surface area contributed by atoms with Crippen LogP contribution in [0.5, 0.6) is 0 Å². The molecule has 5 rings (SSSR count). The van der Waals surface area contributed by atoms with Crippen molar-refractivity contribution in [3.63, 3.8) is 0 Å². The lowest BCUT2D eigenvalue weighted by molar-refractivity contribution is -0.296. The Labute approximate surface area is 539 Å². The van der Waals surface area contributed by atoms with Crippen LogP contribution in [-0.4, -0.2) is 114 Å². The molecule has 0 radical (unpaired) electrons. The number of esters is 4. The molecule has 0 aromatic heterocycles. The van der Waals surface area contributed by atoms with Gasteiger partial charge in [0.25, 0.3) is 0 Å². The fraction of sp³-hybridized carbons (Fsp3) is 0.941. The molecule has 92 heavy (non-hydrogen) atoms. The van der Waals surface area contributed by atoms with E-state index in [1.54, 1.807) is 55.4 Å². The fourth-order valence-electron chi connectivity index (χ4n) is 12.8. The van der Waals surface area contributed by atoms with Gasteiger partial charge in [0.1, 0.15) is 22.9 Å². The van der Waals surface area contributed by atoms with Gasteiger partial charge in [-0.2, -0.15) is 52.7 Å². The highest BCUT2D eigenvalue weighted by atomic mass is 19.4. The molecule has 5 aliphatic rings. The van der Waals surface area contributed by atoms with E-state index in [0.717, 1.165) is 59.8 Å². The van der Waals surface area contributed by atoms with Gasteiger partial charge in [-0.15, -0.1) is 0 Å². The molecule has 0 amide bonds. The molecule has 24 heteroatoms. The SMILES string of the molecule is CCC(C)(C)C(=O)OC(CC(C)(O)C(F)(F)F)C1CC2CCC1C2.CCC(C)(C)C(=O)OC1(C(CC(C)C)C(C)(O)C(F)(F)F)CCCC1.CCC(C)(C)C(=O)OC1(CC(C)(O)C(F)(F)F)CCCC1.CCC(C)(C)C(=O)OC1(CC(C)(O)C(F)(F)F)CCCCC1. The number of carbonyl (C=O) groups is 4. The number of rotatable bonds is 23. The first-order valence-electron chi connectivity index (χ1n) is 33.3. The van der Waals surface area contributed by atoms with E-state index in [2.05, 4.69) is 0 Å². The molecule has 0 spiro atoms. The van der Waals surface area contributed by atoms with E-state index < -0.39 is 141 Å². The third kappa shape index (κ3) is 22.2. The van der Waals surface area contributed by atoms with Crippen LogP contribution >= 0.6 is 0 Å². The van der Waals surface area contributed by atoms with Crippen LogP contribution in [0.4, 0.5) is 52.7 Å². The Morgan fingerprint density at radius 2 is 0.783 bits per heavy atom. The Morgan fingerprint density at radius 3 is 1.09 bits per heavy atom. The quantitative estimate of drug-likeness (QED) is 0.0432. The van der Waals surface area contributed by atoms with Gasteiger partial charge in [0.05, 0.1) is 21.7 Å². The van der Waals surface area contributed by atoms with Gasteiger partial charge in [-0.3, -0.25) is 19.2 Å². The number of fused-ring (bicyclic) bond motifs is 2. The van der Waals surface area contributed by atoms with Gasteiger partial charge < -0.3 is 39.4 Å². The molecule has 0 heterocycles. The lowest BCUT2D eigenvalue weighted by Gasteiger charge is -2.47. The smallest absolute Gasteiger partial charge is 0.417 e. The van der Waals surface area contributed by atoms with Crippen molar-refractivity contribution in [1.29, 1.82) is 0 Å². The third-order valence-electron chi connectivity index (χ3n) is 21.3. The first-order chi connectivity index (χ1) is 41.3. The summed E-state index contributed by atoms with van der Waals surface area (Å²) in [5.74, 6) is -2.43. The second-order valence-electron chi connectivity index (χ2n) is 31.5. The molecule has 0 aromatic carbocycles. The molecule has 5 fully saturated rings. The minimum Gasteiger partial charge on any atom is -0.462 e. The monoisotopic (exact) mass is 1350 g/mol. The van der Waals surface area contributed by atoms with E-state index in [1.165, 1.54) is 0 Å². The second kappa shape index (κ2) is 31.2. The molecule has 5 aliphatic carbocycles. The molecule has 0 aliphatic heterocycles. The molecule has 4 N–H and O–H groups in total. The van der Waals surface area contributed by atoms with E-state index >= 15 is 0 Å². The first kappa shape index (κ1) is 85.0. The lowest BCUT2D eigenvalue weighted by Crippen LogP contribution is -2.59. The Bertz CT molecular complexity index is 2350. The van der Waals surface area contributed by atoms with E-state index in [0.29, 0.717) is 115 Å². The number of hydrogen-bond acceptors (Lipinski definition) is 12. The summed E-state index contributed by atoms with van der Waals surface area (Å²) in [7, 11) is 0. The Hall–Kier alpha value is -3.12. The summed E-state index contributed by atoms with van der Waals surface area (Å²) in [6.45, 7) is 27.9. The summed E-state index contributed by atoms with van der Waals surface area (Å²) in [5.41, 5.74) is -18.1. The van der Waals surface area contributed by atoms with E-state index in [4.69, 9.17) is 18.9 Å². The van der Waals surface area contributed by atoms with Crippen molar-refractivity contribution in [2.75, 3.05) is 0 Å². The van der Waals surface area contributed by atoms with Gasteiger partial charge in [0, 0.05) is 25.2 Å². The van der Waals surface area contributed by atoms with Crippen molar-refractivity contribution >= 4 is 23.9 Å². The predicted octanol–water partition coefficient (Wildman–Crippen LogP) is 18.1. The summed E-state index contributed by atoms with van der Waals surface area (Å²) >= 11 is 0. The number of halogens is 12. The molecule has 12 nitrogen and oxygen atoms in total. The van der Waals surface area contributed by atoms with E-state index in [-0.39, 0.29) is 18.3 Å². The van der Waals surface area contributed by atoms with E-state index in [1.807, 2.05) is 41.5 Å². The van der Waals surface area contributed by atoms with Crippen LogP contribution in [0.1, 0.15) is 285 Å². The topological polar surface area (TPSA) is 186 Å². The number of alkyl halides is 12. The van der Waals surface area contributed by atoms with Gasteiger partial charge in [0.15, 0.2) is 22.4 Å². The van der Waals surface area contributed by atoms with Crippen LogP contribution in [-0.2, 0) is 38.1 Å². The van der Waals surface area contributed by atoms with Gasteiger partial charge in [-0.25, -0.2) is 0 Å². The number of ether oxygens (including phenoxy) is 4. The van der Waals surface area contributed by atoms with Crippen LogP contribution in [0.25, 0.3) is 0 Å². The van der Waals surface area contributed by atoms with Gasteiger partial charge in [-0.1, -0.05) is 54.4 Å².